The predicted molar refractivity (Wildman–Crippen MR) is 108 cm³/mol. The molecule has 150 valence electrons. The van der Waals surface area contributed by atoms with Gasteiger partial charge in [0, 0.05) is 49.0 Å². The Morgan fingerprint density at radius 2 is 2.07 bits per heavy atom. The van der Waals surface area contributed by atoms with Crippen LogP contribution in [0.1, 0.15) is 25.2 Å². The highest BCUT2D eigenvalue weighted by Crippen LogP contribution is 2.22. The van der Waals surface area contributed by atoms with Crippen molar-refractivity contribution in [1.29, 1.82) is 0 Å². The van der Waals surface area contributed by atoms with Gasteiger partial charge in [-0.3, -0.25) is 9.59 Å². The van der Waals surface area contributed by atoms with Gasteiger partial charge < -0.3 is 14.6 Å². The van der Waals surface area contributed by atoms with E-state index in [4.69, 9.17) is 4.42 Å². The molecule has 4 heterocycles. The monoisotopic (exact) mass is 411 g/mol. The van der Waals surface area contributed by atoms with Crippen molar-refractivity contribution in [1.82, 2.24) is 20.1 Å². The van der Waals surface area contributed by atoms with E-state index in [0.717, 1.165) is 5.56 Å². The Bertz CT molecular complexity index is 950. The van der Waals surface area contributed by atoms with Gasteiger partial charge in [-0.2, -0.15) is 11.3 Å². The molecular weight excluding hydrogens is 390 g/mol. The van der Waals surface area contributed by atoms with E-state index in [0.29, 0.717) is 56.4 Å². The van der Waals surface area contributed by atoms with Crippen LogP contribution >= 0.6 is 11.3 Å². The molecule has 0 spiro atoms. The van der Waals surface area contributed by atoms with Gasteiger partial charge in [0.15, 0.2) is 0 Å². The minimum atomic E-state index is -0.106. The van der Waals surface area contributed by atoms with Crippen LogP contribution in [0, 0.1) is 5.92 Å². The maximum Gasteiger partial charge on any atom is 0.248 e. The Labute approximate surface area is 172 Å². The molecule has 3 aromatic heterocycles. The van der Waals surface area contributed by atoms with Crippen LogP contribution in [-0.4, -0.2) is 45.0 Å². The third-order valence-electron chi connectivity index (χ3n) is 4.92. The summed E-state index contributed by atoms with van der Waals surface area (Å²) in [6.07, 6.45) is 3.66. The zero-order valence-corrected chi connectivity index (χ0v) is 16.6. The molecule has 0 atom stereocenters. The van der Waals surface area contributed by atoms with E-state index in [-0.39, 0.29) is 17.7 Å². The summed E-state index contributed by atoms with van der Waals surface area (Å²) in [6.45, 7) is 1.15. The summed E-state index contributed by atoms with van der Waals surface area (Å²) in [5.74, 6) is 1.40. The van der Waals surface area contributed by atoms with Gasteiger partial charge in [0.05, 0.1) is 0 Å². The number of hydrogen-bond donors (Lipinski definition) is 1. The van der Waals surface area contributed by atoms with Crippen molar-refractivity contribution in [2.24, 2.45) is 5.92 Å². The van der Waals surface area contributed by atoms with Crippen LogP contribution in [-0.2, 0) is 16.0 Å². The standard InChI is InChI=1S/C20H21N5O3S/c26-18(5-4-17-23-24-20(28-17)15-8-12-29-13-15)25-10-6-14(7-11-25)19(27)22-16-3-1-2-9-21-16/h1-3,8-9,12-14H,4-7,10-11H2,(H,21,22,27). The molecule has 1 N–H and O–H groups in total. The van der Waals surface area contributed by atoms with Gasteiger partial charge in [0.25, 0.3) is 0 Å². The van der Waals surface area contributed by atoms with E-state index in [1.165, 1.54) is 0 Å². The largest absolute Gasteiger partial charge is 0.421 e. The molecule has 4 rings (SSSR count). The highest BCUT2D eigenvalue weighted by atomic mass is 32.1. The van der Waals surface area contributed by atoms with Crippen molar-refractivity contribution in [2.75, 3.05) is 18.4 Å². The SMILES string of the molecule is O=C(Nc1ccccn1)C1CCN(C(=O)CCc2nnc(-c3ccsc3)o2)CC1. The number of anilines is 1. The summed E-state index contributed by atoms with van der Waals surface area (Å²) in [5.41, 5.74) is 0.895. The molecule has 1 aliphatic rings. The van der Waals surface area contributed by atoms with Crippen molar-refractivity contribution in [2.45, 2.75) is 25.7 Å². The number of rotatable bonds is 6. The van der Waals surface area contributed by atoms with Gasteiger partial charge >= 0.3 is 0 Å². The number of likely N-dealkylation sites (tertiary alicyclic amines) is 1. The summed E-state index contributed by atoms with van der Waals surface area (Å²) in [5, 5.41) is 14.8. The Morgan fingerprint density at radius 3 is 2.79 bits per heavy atom. The van der Waals surface area contributed by atoms with E-state index >= 15 is 0 Å². The van der Waals surface area contributed by atoms with Crippen LogP contribution in [0.2, 0.25) is 0 Å². The average molecular weight is 411 g/mol. The lowest BCUT2D eigenvalue weighted by atomic mass is 9.95. The van der Waals surface area contributed by atoms with Crippen LogP contribution < -0.4 is 5.32 Å². The van der Waals surface area contributed by atoms with Gasteiger partial charge in [0.1, 0.15) is 5.82 Å². The lowest BCUT2D eigenvalue weighted by Crippen LogP contribution is -2.41. The lowest BCUT2D eigenvalue weighted by molar-refractivity contribution is -0.134. The maximum atomic E-state index is 12.5. The summed E-state index contributed by atoms with van der Waals surface area (Å²) < 4.78 is 5.63. The highest BCUT2D eigenvalue weighted by molar-refractivity contribution is 7.08. The van der Waals surface area contributed by atoms with Gasteiger partial charge in [-0.25, -0.2) is 4.98 Å². The highest BCUT2D eigenvalue weighted by Gasteiger charge is 2.27. The van der Waals surface area contributed by atoms with Crippen LogP contribution in [0.25, 0.3) is 11.5 Å². The van der Waals surface area contributed by atoms with Crippen molar-refractivity contribution >= 4 is 29.0 Å². The van der Waals surface area contributed by atoms with Crippen LogP contribution in [0.5, 0.6) is 0 Å². The number of nitrogens with zero attached hydrogens (tertiary/aromatic N) is 4. The summed E-state index contributed by atoms with van der Waals surface area (Å²) >= 11 is 1.56. The molecule has 0 radical (unpaired) electrons. The molecule has 0 bridgehead atoms. The topological polar surface area (TPSA) is 101 Å². The number of hydrogen-bond acceptors (Lipinski definition) is 7. The van der Waals surface area contributed by atoms with E-state index in [9.17, 15) is 9.59 Å². The molecule has 2 amide bonds. The zero-order valence-electron chi connectivity index (χ0n) is 15.8. The number of piperidine rings is 1. The Morgan fingerprint density at radius 1 is 1.21 bits per heavy atom. The first kappa shape index (κ1) is 19.3. The molecule has 0 aliphatic carbocycles. The third-order valence-corrected chi connectivity index (χ3v) is 5.61. The second-order valence-corrected chi connectivity index (χ2v) is 7.65. The molecule has 8 nitrogen and oxygen atoms in total. The van der Waals surface area contributed by atoms with Crippen LogP contribution in [0.15, 0.2) is 45.6 Å². The van der Waals surface area contributed by atoms with Crippen molar-refractivity contribution in [3.63, 3.8) is 0 Å². The second-order valence-electron chi connectivity index (χ2n) is 6.87. The van der Waals surface area contributed by atoms with Crippen LogP contribution in [0.3, 0.4) is 0 Å². The molecule has 1 saturated heterocycles. The number of pyridine rings is 1. The number of thiophene rings is 1. The van der Waals surface area contributed by atoms with Crippen molar-refractivity contribution in [3.05, 3.63) is 47.1 Å². The minimum Gasteiger partial charge on any atom is -0.421 e. The predicted octanol–water partition coefficient (Wildman–Crippen LogP) is 3.00. The van der Waals surface area contributed by atoms with E-state index in [2.05, 4.69) is 20.5 Å². The first-order valence-corrected chi connectivity index (χ1v) is 10.5. The number of carbonyl (C=O) groups excluding carboxylic acids is 2. The van der Waals surface area contributed by atoms with Gasteiger partial charge in [-0.1, -0.05) is 6.07 Å². The van der Waals surface area contributed by atoms with Crippen molar-refractivity contribution < 1.29 is 14.0 Å². The molecule has 9 heteroatoms. The van der Waals surface area contributed by atoms with Crippen LogP contribution in [0.4, 0.5) is 5.82 Å². The third kappa shape index (κ3) is 4.86. The Kier molecular flexibility index (Phi) is 5.95. The van der Waals surface area contributed by atoms with E-state index in [1.807, 2.05) is 22.9 Å². The summed E-state index contributed by atoms with van der Waals surface area (Å²) in [4.78, 5) is 30.8. The molecular formula is C20H21N5O3S. The number of amides is 2. The lowest BCUT2D eigenvalue weighted by Gasteiger charge is -2.31. The zero-order chi connectivity index (χ0) is 20.1. The van der Waals surface area contributed by atoms with E-state index < -0.39 is 0 Å². The molecule has 0 unspecified atom stereocenters. The van der Waals surface area contributed by atoms with Gasteiger partial charge in [-0.15, -0.1) is 10.2 Å². The fraction of sp³-hybridized carbons (Fsp3) is 0.350. The number of carbonyl (C=O) groups is 2. The molecule has 1 aliphatic heterocycles. The summed E-state index contributed by atoms with van der Waals surface area (Å²) in [6, 6.07) is 7.31. The first-order chi connectivity index (χ1) is 14.2. The molecule has 1 fully saturated rings. The molecule has 0 saturated carbocycles. The van der Waals surface area contributed by atoms with Gasteiger partial charge in [-0.05, 0) is 36.4 Å². The quantitative estimate of drug-likeness (QED) is 0.669. The smallest absolute Gasteiger partial charge is 0.248 e. The van der Waals surface area contributed by atoms with Crippen molar-refractivity contribution in [3.8, 4) is 11.5 Å². The molecule has 0 aromatic carbocycles. The normalized spacial score (nSPS) is 14.7. The Hall–Kier alpha value is -3.07. The number of aryl methyl sites for hydroxylation is 1. The molecule has 3 aromatic rings. The maximum absolute atomic E-state index is 12.5. The number of nitrogens with one attached hydrogen (secondary N) is 1. The van der Waals surface area contributed by atoms with E-state index in [1.54, 1.807) is 34.6 Å². The first-order valence-electron chi connectivity index (χ1n) is 9.53. The number of aromatic nitrogens is 3. The minimum absolute atomic E-state index is 0.0392. The fourth-order valence-corrected chi connectivity index (χ4v) is 3.92. The molecule has 29 heavy (non-hydrogen) atoms. The second kappa shape index (κ2) is 8.95. The fourth-order valence-electron chi connectivity index (χ4n) is 3.29. The average Bonchev–Trinajstić information content (AvgIpc) is 3.45. The Balaban J connectivity index is 1.22. The van der Waals surface area contributed by atoms with Gasteiger partial charge in [0.2, 0.25) is 23.6 Å². The summed E-state index contributed by atoms with van der Waals surface area (Å²) in [7, 11) is 0.